The van der Waals surface area contributed by atoms with E-state index in [1.807, 2.05) is 25.1 Å². The summed E-state index contributed by atoms with van der Waals surface area (Å²) in [5.41, 5.74) is 0.946. The predicted molar refractivity (Wildman–Crippen MR) is 72.6 cm³/mol. The highest BCUT2D eigenvalue weighted by atomic mass is 16.5. The highest BCUT2D eigenvalue weighted by Crippen LogP contribution is 2.08. The molecule has 1 saturated heterocycles. The van der Waals surface area contributed by atoms with Crippen molar-refractivity contribution in [2.75, 3.05) is 19.8 Å². The molecular weight excluding hydrogens is 242 g/mol. The van der Waals surface area contributed by atoms with Crippen molar-refractivity contribution in [2.45, 2.75) is 31.8 Å². The molecule has 5 heteroatoms. The van der Waals surface area contributed by atoms with E-state index in [1.165, 1.54) is 0 Å². The lowest BCUT2D eigenvalue weighted by Gasteiger charge is -2.23. The maximum absolute atomic E-state index is 11.8. The molecule has 0 aromatic carbocycles. The first kappa shape index (κ1) is 14.0. The lowest BCUT2D eigenvalue weighted by atomic mass is 10.1. The molecule has 1 amide bonds. The molecule has 2 N–H and O–H groups in total. The summed E-state index contributed by atoms with van der Waals surface area (Å²) in [4.78, 5) is 16.1. The summed E-state index contributed by atoms with van der Waals surface area (Å²) in [7, 11) is 0. The van der Waals surface area contributed by atoms with Gasteiger partial charge in [0, 0.05) is 31.5 Å². The molecule has 0 bridgehead atoms. The number of hydrogen-bond acceptors (Lipinski definition) is 4. The van der Waals surface area contributed by atoms with E-state index in [1.54, 1.807) is 6.20 Å². The van der Waals surface area contributed by atoms with Gasteiger partial charge in [-0.3, -0.25) is 9.78 Å². The second-order valence-corrected chi connectivity index (χ2v) is 4.81. The average molecular weight is 263 g/mol. The van der Waals surface area contributed by atoms with Crippen LogP contribution in [0.4, 0.5) is 0 Å². The van der Waals surface area contributed by atoms with Crippen LogP contribution < -0.4 is 10.6 Å². The lowest BCUT2D eigenvalue weighted by Crippen LogP contribution is -2.43. The first-order valence-corrected chi connectivity index (χ1v) is 6.77. The molecule has 0 aliphatic carbocycles. The van der Waals surface area contributed by atoms with Crippen molar-refractivity contribution in [2.24, 2.45) is 0 Å². The van der Waals surface area contributed by atoms with Crippen LogP contribution in [0.2, 0.25) is 0 Å². The van der Waals surface area contributed by atoms with Crippen LogP contribution in [0.1, 0.15) is 31.5 Å². The number of nitrogens with one attached hydrogen (secondary N) is 2. The number of ether oxygens (including phenoxy) is 1. The Hall–Kier alpha value is -1.46. The highest BCUT2D eigenvalue weighted by Gasteiger charge is 2.16. The van der Waals surface area contributed by atoms with Gasteiger partial charge in [-0.15, -0.1) is 0 Å². The SMILES string of the molecule is CC(NCC(=O)NC1CCOCC1)c1ccccn1. The molecule has 2 rings (SSSR count). The summed E-state index contributed by atoms with van der Waals surface area (Å²) in [6.07, 6.45) is 3.57. The van der Waals surface area contributed by atoms with E-state index in [0.29, 0.717) is 6.54 Å². The maximum atomic E-state index is 11.8. The molecular formula is C14H21N3O2. The van der Waals surface area contributed by atoms with E-state index < -0.39 is 0 Å². The van der Waals surface area contributed by atoms with Crippen LogP contribution in [0.5, 0.6) is 0 Å². The van der Waals surface area contributed by atoms with Crippen molar-refractivity contribution in [3.63, 3.8) is 0 Å². The molecule has 19 heavy (non-hydrogen) atoms. The molecule has 0 saturated carbocycles. The zero-order valence-corrected chi connectivity index (χ0v) is 11.3. The molecule has 1 aromatic heterocycles. The normalized spacial score (nSPS) is 17.9. The quantitative estimate of drug-likeness (QED) is 0.833. The Labute approximate surface area is 113 Å². The van der Waals surface area contributed by atoms with Gasteiger partial charge in [0.15, 0.2) is 0 Å². The van der Waals surface area contributed by atoms with Gasteiger partial charge in [-0.1, -0.05) is 6.07 Å². The van der Waals surface area contributed by atoms with Crippen LogP contribution in [0.3, 0.4) is 0 Å². The van der Waals surface area contributed by atoms with E-state index in [2.05, 4.69) is 15.6 Å². The van der Waals surface area contributed by atoms with Crippen molar-refractivity contribution >= 4 is 5.91 Å². The molecule has 2 heterocycles. The monoisotopic (exact) mass is 263 g/mol. The van der Waals surface area contributed by atoms with Crippen LogP contribution in [-0.2, 0) is 9.53 Å². The van der Waals surface area contributed by atoms with E-state index in [9.17, 15) is 4.79 Å². The Balaban J connectivity index is 1.71. The van der Waals surface area contributed by atoms with E-state index in [4.69, 9.17) is 4.74 Å². The molecule has 0 radical (unpaired) electrons. The first-order chi connectivity index (χ1) is 9.25. The van der Waals surface area contributed by atoms with Gasteiger partial charge in [-0.2, -0.15) is 0 Å². The molecule has 1 atom stereocenters. The first-order valence-electron chi connectivity index (χ1n) is 6.77. The van der Waals surface area contributed by atoms with Crippen LogP contribution in [0.15, 0.2) is 24.4 Å². The third-order valence-electron chi connectivity index (χ3n) is 3.29. The van der Waals surface area contributed by atoms with E-state index >= 15 is 0 Å². The van der Waals surface area contributed by atoms with Gasteiger partial charge in [0.1, 0.15) is 0 Å². The van der Waals surface area contributed by atoms with Gasteiger partial charge in [-0.05, 0) is 31.9 Å². The minimum atomic E-state index is 0.0367. The lowest BCUT2D eigenvalue weighted by molar-refractivity contribution is -0.121. The molecule has 1 aliphatic heterocycles. The number of aromatic nitrogens is 1. The Morgan fingerprint density at radius 2 is 2.26 bits per heavy atom. The number of nitrogens with zero attached hydrogens (tertiary/aromatic N) is 1. The van der Waals surface area contributed by atoms with Crippen LogP contribution in [-0.4, -0.2) is 36.7 Å². The number of pyridine rings is 1. The third-order valence-corrected chi connectivity index (χ3v) is 3.29. The molecule has 1 fully saturated rings. The van der Waals surface area contributed by atoms with Gasteiger partial charge in [-0.25, -0.2) is 0 Å². The summed E-state index contributed by atoms with van der Waals surface area (Å²) < 4.78 is 5.26. The summed E-state index contributed by atoms with van der Waals surface area (Å²) in [5.74, 6) is 0.0367. The van der Waals surface area contributed by atoms with E-state index in [0.717, 1.165) is 31.7 Å². The summed E-state index contributed by atoms with van der Waals surface area (Å²) in [6, 6.07) is 6.11. The number of hydrogen-bond donors (Lipinski definition) is 2. The Morgan fingerprint density at radius 1 is 1.47 bits per heavy atom. The van der Waals surface area contributed by atoms with Gasteiger partial charge >= 0.3 is 0 Å². The summed E-state index contributed by atoms with van der Waals surface area (Å²) >= 11 is 0. The fourth-order valence-corrected chi connectivity index (χ4v) is 2.10. The van der Waals surface area contributed by atoms with Crippen LogP contribution in [0, 0.1) is 0 Å². The smallest absolute Gasteiger partial charge is 0.234 e. The third kappa shape index (κ3) is 4.61. The number of carbonyl (C=O) groups excluding carboxylic acids is 1. The molecule has 1 aliphatic rings. The van der Waals surface area contributed by atoms with Crippen molar-refractivity contribution in [1.29, 1.82) is 0 Å². The van der Waals surface area contributed by atoms with Crippen molar-refractivity contribution < 1.29 is 9.53 Å². The highest BCUT2D eigenvalue weighted by molar-refractivity contribution is 5.78. The molecule has 5 nitrogen and oxygen atoms in total. The number of carbonyl (C=O) groups is 1. The van der Waals surface area contributed by atoms with Crippen molar-refractivity contribution in [3.8, 4) is 0 Å². The number of rotatable bonds is 5. The fourth-order valence-electron chi connectivity index (χ4n) is 2.10. The van der Waals surface area contributed by atoms with Crippen LogP contribution in [0.25, 0.3) is 0 Å². The van der Waals surface area contributed by atoms with E-state index in [-0.39, 0.29) is 18.0 Å². The minimum Gasteiger partial charge on any atom is -0.381 e. The molecule has 1 unspecified atom stereocenters. The molecule has 0 spiro atoms. The van der Waals surface area contributed by atoms with Crippen molar-refractivity contribution in [1.82, 2.24) is 15.6 Å². The summed E-state index contributed by atoms with van der Waals surface area (Å²) in [5, 5.41) is 6.21. The zero-order chi connectivity index (χ0) is 13.5. The standard InChI is InChI=1S/C14H21N3O2/c1-11(13-4-2-3-7-15-13)16-10-14(18)17-12-5-8-19-9-6-12/h2-4,7,11-12,16H,5-6,8-10H2,1H3,(H,17,18). The fraction of sp³-hybridized carbons (Fsp3) is 0.571. The summed E-state index contributed by atoms with van der Waals surface area (Å²) in [6.45, 7) is 3.80. The number of amides is 1. The Morgan fingerprint density at radius 3 is 2.95 bits per heavy atom. The second kappa shape index (κ2) is 7.21. The molecule has 1 aromatic rings. The Kier molecular flexibility index (Phi) is 5.30. The van der Waals surface area contributed by atoms with Gasteiger partial charge in [0.25, 0.3) is 0 Å². The van der Waals surface area contributed by atoms with Crippen LogP contribution >= 0.6 is 0 Å². The van der Waals surface area contributed by atoms with Gasteiger partial charge in [0.2, 0.25) is 5.91 Å². The van der Waals surface area contributed by atoms with Gasteiger partial charge < -0.3 is 15.4 Å². The minimum absolute atomic E-state index is 0.0367. The second-order valence-electron chi connectivity index (χ2n) is 4.81. The Bertz CT molecular complexity index is 391. The molecule has 104 valence electrons. The zero-order valence-electron chi connectivity index (χ0n) is 11.3. The average Bonchev–Trinajstić information content (AvgIpc) is 2.47. The predicted octanol–water partition coefficient (Wildman–Crippen LogP) is 1.03. The van der Waals surface area contributed by atoms with Gasteiger partial charge in [0.05, 0.1) is 12.2 Å². The van der Waals surface area contributed by atoms with Crippen molar-refractivity contribution in [3.05, 3.63) is 30.1 Å². The largest absolute Gasteiger partial charge is 0.381 e. The maximum Gasteiger partial charge on any atom is 0.234 e. The topological polar surface area (TPSA) is 63.2 Å².